The molecule has 94 valence electrons. The number of aliphatic hydroxyl groups excluding tert-OH is 1. The first-order valence-corrected chi connectivity index (χ1v) is 6.27. The molecule has 0 aromatic heterocycles. The zero-order chi connectivity index (χ0) is 12.3. The summed E-state index contributed by atoms with van der Waals surface area (Å²) in [6.07, 6.45) is 0.422. The van der Waals surface area contributed by atoms with Gasteiger partial charge in [-0.1, -0.05) is 17.7 Å². The van der Waals surface area contributed by atoms with E-state index in [1.165, 1.54) is 16.8 Å². The predicted octanol–water partition coefficient (Wildman–Crippen LogP) is 1.75. The van der Waals surface area contributed by atoms with E-state index in [-0.39, 0.29) is 6.10 Å². The minimum absolute atomic E-state index is 0.295. The molecule has 1 atom stereocenters. The zero-order valence-electron chi connectivity index (χ0n) is 10.6. The van der Waals surface area contributed by atoms with Crippen molar-refractivity contribution >= 4 is 5.69 Å². The van der Waals surface area contributed by atoms with Crippen LogP contribution in [0.1, 0.15) is 18.1 Å². The van der Waals surface area contributed by atoms with Gasteiger partial charge in [-0.2, -0.15) is 0 Å². The predicted molar refractivity (Wildman–Crippen MR) is 69.6 cm³/mol. The quantitative estimate of drug-likeness (QED) is 0.866. The molecule has 0 amide bonds. The summed E-state index contributed by atoms with van der Waals surface area (Å²) >= 11 is 0. The maximum Gasteiger partial charge on any atom is 0.0642 e. The molecule has 1 aliphatic rings. The summed E-state index contributed by atoms with van der Waals surface area (Å²) in [5, 5.41) is 9.58. The van der Waals surface area contributed by atoms with Crippen molar-refractivity contribution in [2.45, 2.75) is 26.4 Å². The van der Waals surface area contributed by atoms with Gasteiger partial charge in [-0.3, -0.25) is 0 Å². The van der Waals surface area contributed by atoms with E-state index in [0.29, 0.717) is 6.42 Å². The Bertz CT molecular complexity index is 370. The minimum Gasteiger partial charge on any atom is -0.393 e. The van der Waals surface area contributed by atoms with Gasteiger partial charge in [0.2, 0.25) is 0 Å². The van der Waals surface area contributed by atoms with Crippen LogP contribution in [-0.4, -0.2) is 37.5 Å². The Labute approximate surface area is 103 Å². The summed E-state index contributed by atoms with van der Waals surface area (Å²) in [5.74, 6) is 0. The van der Waals surface area contributed by atoms with E-state index in [4.69, 9.17) is 4.74 Å². The molecular weight excluding hydrogens is 214 g/mol. The summed E-state index contributed by atoms with van der Waals surface area (Å²) in [6.45, 7) is 7.40. The number of benzene rings is 1. The van der Waals surface area contributed by atoms with Crippen molar-refractivity contribution in [2.75, 3.05) is 31.2 Å². The molecule has 1 aromatic carbocycles. The molecule has 1 unspecified atom stereocenters. The van der Waals surface area contributed by atoms with Crippen molar-refractivity contribution in [1.29, 1.82) is 0 Å². The lowest BCUT2D eigenvalue weighted by Gasteiger charge is -2.31. The van der Waals surface area contributed by atoms with E-state index in [1.54, 1.807) is 0 Å². The van der Waals surface area contributed by atoms with Crippen LogP contribution in [0.15, 0.2) is 18.2 Å². The second-order valence-corrected chi connectivity index (χ2v) is 4.78. The number of ether oxygens (including phenoxy) is 1. The Hall–Kier alpha value is -1.06. The van der Waals surface area contributed by atoms with Crippen LogP contribution in [0.2, 0.25) is 0 Å². The molecule has 3 heteroatoms. The maximum atomic E-state index is 9.58. The molecule has 1 N–H and O–H groups in total. The number of morpholine rings is 1. The van der Waals surface area contributed by atoms with Gasteiger partial charge in [0.05, 0.1) is 19.3 Å². The lowest BCUT2D eigenvalue weighted by Crippen LogP contribution is -2.37. The fourth-order valence-corrected chi connectivity index (χ4v) is 2.31. The third-order valence-electron chi connectivity index (χ3n) is 3.10. The first-order chi connectivity index (χ1) is 8.16. The average Bonchev–Trinajstić information content (AvgIpc) is 2.29. The Morgan fingerprint density at radius 1 is 1.35 bits per heavy atom. The smallest absolute Gasteiger partial charge is 0.0642 e. The van der Waals surface area contributed by atoms with Gasteiger partial charge >= 0.3 is 0 Å². The van der Waals surface area contributed by atoms with Crippen LogP contribution in [-0.2, 0) is 11.2 Å². The number of aliphatic hydroxyl groups is 1. The average molecular weight is 235 g/mol. The fraction of sp³-hybridized carbons (Fsp3) is 0.571. The van der Waals surface area contributed by atoms with Gasteiger partial charge in [-0.25, -0.2) is 0 Å². The number of hydrogen-bond donors (Lipinski definition) is 1. The van der Waals surface area contributed by atoms with Gasteiger partial charge in [0, 0.05) is 25.2 Å². The molecule has 1 aliphatic heterocycles. The molecular formula is C14H21NO2. The van der Waals surface area contributed by atoms with Gasteiger partial charge in [0.25, 0.3) is 0 Å². The lowest BCUT2D eigenvalue weighted by molar-refractivity contribution is 0.122. The summed E-state index contributed by atoms with van der Waals surface area (Å²) in [6, 6.07) is 6.48. The summed E-state index contributed by atoms with van der Waals surface area (Å²) < 4.78 is 5.37. The molecule has 0 aliphatic carbocycles. The van der Waals surface area contributed by atoms with Gasteiger partial charge in [-0.05, 0) is 25.5 Å². The molecule has 0 radical (unpaired) electrons. The van der Waals surface area contributed by atoms with Crippen molar-refractivity contribution in [1.82, 2.24) is 0 Å². The third-order valence-corrected chi connectivity index (χ3v) is 3.10. The molecule has 1 saturated heterocycles. The van der Waals surface area contributed by atoms with Crippen molar-refractivity contribution in [3.05, 3.63) is 29.3 Å². The Morgan fingerprint density at radius 2 is 2.06 bits per heavy atom. The van der Waals surface area contributed by atoms with Crippen LogP contribution in [0.25, 0.3) is 0 Å². The van der Waals surface area contributed by atoms with E-state index >= 15 is 0 Å². The highest BCUT2D eigenvalue weighted by Crippen LogP contribution is 2.24. The molecule has 17 heavy (non-hydrogen) atoms. The van der Waals surface area contributed by atoms with E-state index in [0.717, 1.165) is 26.3 Å². The van der Waals surface area contributed by atoms with E-state index in [2.05, 4.69) is 30.0 Å². The largest absolute Gasteiger partial charge is 0.393 e. The lowest BCUT2D eigenvalue weighted by atomic mass is 10.0. The maximum absolute atomic E-state index is 9.58. The first kappa shape index (κ1) is 12.4. The zero-order valence-corrected chi connectivity index (χ0v) is 10.6. The Balaban J connectivity index is 2.24. The van der Waals surface area contributed by atoms with Crippen LogP contribution in [0.3, 0.4) is 0 Å². The van der Waals surface area contributed by atoms with Crippen molar-refractivity contribution in [3.8, 4) is 0 Å². The van der Waals surface area contributed by atoms with E-state index in [9.17, 15) is 5.11 Å². The molecule has 1 fully saturated rings. The summed E-state index contributed by atoms with van der Waals surface area (Å²) in [5.41, 5.74) is 3.74. The normalized spacial score (nSPS) is 18.2. The summed E-state index contributed by atoms with van der Waals surface area (Å²) in [7, 11) is 0. The highest BCUT2D eigenvalue weighted by atomic mass is 16.5. The molecule has 3 nitrogen and oxygen atoms in total. The van der Waals surface area contributed by atoms with E-state index in [1.807, 2.05) is 6.92 Å². The van der Waals surface area contributed by atoms with Gasteiger partial charge in [0.15, 0.2) is 0 Å². The minimum atomic E-state index is -0.295. The number of hydrogen-bond acceptors (Lipinski definition) is 3. The van der Waals surface area contributed by atoms with Crippen LogP contribution < -0.4 is 4.90 Å². The fourth-order valence-electron chi connectivity index (χ4n) is 2.31. The number of rotatable bonds is 3. The van der Waals surface area contributed by atoms with Gasteiger partial charge < -0.3 is 14.7 Å². The molecule has 0 spiro atoms. The Morgan fingerprint density at radius 3 is 2.71 bits per heavy atom. The van der Waals surface area contributed by atoms with Crippen molar-refractivity contribution in [3.63, 3.8) is 0 Å². The van der Waals surface area contributed by atoms with Crippen LogP contribution in [0.5, 0.6) is 0 Å². The summed E-state index contributed by atoms with van der Waals surface area (Å²) in [4.78, 5) is 2.35. The third kappa shape index (κ3) is 3.20. The van der Waals surface area contributed by atoms with E-state index < -0.39 is 0 Å². The second kappa shape index (κ2) is 5.52. The first-order valence-electron chi connectivity index (χ1n) is 6.27. The molecule has 2 rings (SSSR count). The van der Waals surface area contributed by atoms with Crippen LogP contribution >= 0.6 is 0 Å². The monoisotopic (exact) mass is 235 g/mol. The van der Waals surface area contributed by atoms with Gasteiger partial charge in [0.1, 0.15) is 0 Å². The number of nitrogens with zero attached hydrogens (tertiary/aromatic N) is 1. The number of anilines is 1. The van der Waals surface area contributed by atoms with Crippen LogP contribution in [0, 0.1) is 6.92 Å². The molecule has 1 aromatic rings. The Kier molecular flexibility index (Phi) is 4.02. The number of aryl methyl sites for hydroxylation is 1. The standard InChI is InChI=1S/C14H21NO2/c1-11-3-4-14(13(9-11)10-12(2)16)15-5-7-17-8-6-15/h3-4,9,12,16H,5-8,10H2,1-2H3. The van der Waals surface area contributed by atoms with Crippen molar-refractivity contribution < 1.29 is 9.84 Å². The van der Waals surface area contributed by atoms with Gasteiger partial charge in [-0.15, -0.1) is 0 Å². The topological polar surface area (TPSA) is 32.7 Å². The SMILES string of the molecule is Cc1ccc(N2CCOCC2)c(CC(C)O)c1. The molecule has 1 heterocycles. The van der Waals surface area contributed by atoms with Crippen molar-refractivity contribution in [2.24, 2.45) is 0 Å². The highest BCUT2D eigenvalue weighted by molar-refractivity contribution is 5.55. The second-order valence-electron chi connectivity index (χ2n) is 4.78. The highest BCUT2D eigenvalue weighted by Gasteiger charge is 2.15. The molecule has 0 saturated carbocycles. The molecule has 0 bridgehead atoms. The van der Waals surface area contributed by atoms with Crippen LogP contribution in [0.4, 0.5) is 5.69 Å².